The first kappa shape index (κ1) is 16.3. The number of aliphatic hydroxyl groups is 1. The lowest BCUT2D eigenvalue weighted by molar-refractivity contribution is 0.0937. The van der Waals surface area contributed by atoms with Crippen LogP contribution in [0.15, 0.2) is 24.3 Å². The van der Waals surface area contributed by atoms with Crippen molar-refractivity contribution >= 4 is 5.91 Å². The standard InChI is InChI=1S/C17H23NO2/c1-13(2)6-7-14(3)18-17(20)16-10-8-15(9-11-16)5-4-12-19/h8-11,13-14,19H,6-7,12H2,1-3H3,(H,18,20). The van der Waals surface area contributed by atoms with Gasteiger partial charge < -0.3 is 10.4 Å². The Balaban J connectivity index is 2.55. The molecule has 0 bridgehead atoms. The van der Waals surface area contributed by atoms with E-state index >= 15 is 0 Å². The number of hydrogen-bond acceptors (Lipinski definition) is 2. The van der Waals surface area contributed by atoms with E-state index in [0.29, 0.717) is 11.5 Å². The van der Waals surface area contributed by atoms with Crippen molar-refractivity contribution in [3.63, 3.8) is 0 Å². The van der Waals surface area contributed by atoms with Gasteiger partial charge in [0.15, 0.2) is 0 Å². The Morgan fingerprint density at radius 1 is 1.20 bits per heavy atom. The molecule has 2 N–H and O–H groups in total. The Morgan fingerprint density at radius 2 is 1.85 bits per heavy atom. The lowest BCUT2D eigenvalue weighted by atomic mass is 10.0. The van der Waals surface area contributed by atoms with Crippen LogP contribution in [0, 0.1) is 17.8 Å². The highest BCUT2D eigenvalue weighted by atomic mass is 16.2. The second kappa shape index (κ2) is 8.39. The number of benzene rings is 1. The van der Waals surface area contributed by atoms with E-state index < -0.39 is 0 Å². The summed E-state index contributed by atoms with van der Waals surface area (Å²) in [5.41, 5.74) is 1.43. The third-order valence-electron chi connectivity index (χ3n) is 3.01. The van der Waals surface area contributed by atoms with Crippen molar-refractivity contribution in [1.29, 1.82) is 0 Å². The Bertz CT molecular complexity index is 480. The van der Waals surface area contributed by atoms with Crippen LogP contribution in [0.3, 0.4) is 0 Å². The van der Waals surface area contributed by atoms with Crippen LogP contribution >= 0.6 is 0 Å². The number of carbonyl (C=O) groups excluding carboxylic acids is 1. The van der Waals surface area contributed by atoms with Crippen molar-refractivity contribution in [3.8, 4) is 11.8 Å². The fraction of sp³-hybridized carbons (Fsp3) is 0.471. The molecule has 0 aliphatic rings. The largest absolute Gasteiger partial charge is 0.384 e. The van der Waals surface area contributed by atoms with Crippen LogP contribution in [0.1, 0.15) is 49.5 Å². The molecule has 0 aliphatic carbocycles. The van der Waals surface area contributed by atoms with Gasteiger partial charge in [0.05, 0.1) is 0 Å². The minimum absolute atomic E-state index is 0.0528. The van der Waals surface area contributed by atoms with Gasteiger partial charge in [-0.3, -0.25) is 4.79 Å². The van der Waals surface area contributed by atoms with Crippen LogP contribution in [0.25, 0.3) is 0 Å². The highest BCUT2D eigenvalue weighted by Crippen LogP contribution is 2.08. The molecule has 20 heavy (non-hydrogen) atoms. The van der Waals surface area contributed by atoms with E-state index in [0.717, 1.165) is 18.4 Å². The lowest BCUT2D eigenvalue weighted by Crippen LogP contribution is -2.32. The zero-order valence-corrected chi connectivity index (χ0v) is 12.4. The molecule has 1 atom stereocenters. The predicted molar refractivity (Wildman–Crippen MR) is 81.4 cm³/mol. The zero-order valence-electron chi connectivity index (χ0n) is 12.4. The van der Waals surface area contributed by atoms with Crippen LogP contribution in [-0.4, -0.2) is 23.7 Å². The van der Waals surface area contributed by atoms with Gasteiger partial charge in [0.25, 0.3) is 5.91 Å². The summed E-state index contributed by atoms with van der Waals surface area (Å²) in [7, 11) is 0. The summed E-state index contributed by atoms with van der Waals surface area (Å²) in [5, 5.41) is 11.6. The van der Waals surface area contributed by atoms with Crippen molar-refractivity contribution < 1.29 is 9.90 Å². The molecule has 0 aromatic heterocycles. The molecular formula is C17H23NO2. The minimum Gasteiger partial charge on any atom is -0.384 e. The van der Waals surface area contributed by atoms with Gasteiger partial charge in [0.1, 0.15) is 6.61 Å². The lowest BCUT2D eigenvalue weighted by Gasteiger charge is -2.15. The molecular weight excluding hydrogens is 250 g/mol. The predicted octanol–water partition coefficient (Wildman–Crippen LogP) is 2.58. The van der Waals surface area contributed by atoms with Gasteiger partial charge in [-0.05, 0) is 49.9 Å². The molecule has 1 aromatic rings. The normalized spacial score (nSPS) is 11.7. The number of nitrogens with one attached hydrogen (secondary N) is 1. The van der Waals surface area contributed by atoms with E-state index in [-0.39, 0.29) is 18.6 Å². The van der Waals surface area contributed by atoms with Gasteiger partial charge in [-0.1, -0.05) is 25.7 Å². The summed E-state index contributed by atoms with van der Waals surface area (Å²) in [6.07, 6.45) is 2.10. The maximum Gasteiger partial charge on any atom is 0.251 e. The first-order valence-corrected chi connectivity index (χ1v) is 7.03. The van der Waals surface area contributed by atoms with Crippen molar-refractivity contribution in [3.05, 3.63) is 35.4 Å². The van der Waals surface area contributed by atoms with Gasteiger partial charge in [0.2, 0.25) is 0 Å². The van der Waals surface area contributed by atoms with Crippen molar-refractivity contribution in [1.82, 2.24) is 5.32 Å². The molecule has 108 valence electrons. The maximum atomic E-state index is 12.0. The molecule has 0 saturated carbocycles. The summed E-state index contributed by atoms with van der Waals surface area (Å²) >= 11 is 0. The summed E-state index contributed by atoms with van der Waals surface area (Å²) in [5.74, 6) is 5.98. The summed E-state index contributed by atoms with van der Waals surface area (Å²) in [4.78, 5) is 12.0. The first-order chi connectivity index (χ1) is 9.52. The fourth-order valence-corrected chi connectivity index (χ4v) is 1.81. The molecule has 0 aliphatic heterocycles. The molecule has 3 nitrogen and oxygen atoms in total. The fourth-order valence-electron chi connectivity index (χ4n) is 1.81. The van der Waals surface area contributed by atoms with Crippen LogP contribution in [0.5, 0.6) is 0 Å². The second-order valence-corrected chi connectivity index (χ2v) is 5.38. The van der Waals surface area contributed by atoms with Crippen molar-refractivity contribution in [2.45, 2.75) is 39.7 Å². The molecule has 1 unspecified atom stereocenters. The SMILES string of the molecule is CC(C)CCC(C)NC(=O)c1ccc(C#CCO)cc1. The Morgan fingerprint density at radius 3 is 2.40 bits per heavy atom. The molecule has 3 heteroatoms. The smallest absolute Gasteiger partial charge is 0.251 e. The van der Waals surface area contributed by atoms with E-state index in [9.17, 15) is 4.79 Å². The number of carbonyl (C=O) groups is 1. The number of rotatable bonds is 5. The average molecular weight is 273 g/mol. The van der Waals surface area contributed by atoms with Gasteiger partial charge >= 0.3 is 0 Å². The Kier molecular flexibility index (Phi) is 6.83. The highest BCUT2D eigenvalue weighted by molar-refractivity contribution is 5.94. The average Bonchev–Trinajstić information content (AvgIpc) is 2.43. The second-order valence-electron chi connectivity index (χ2n) is 5.38. The van der Waals surface area contributed by atoms with E-state index in [1.54, 1.807) is 24.3 Å². The van der Waals surface area contributed by atoms with E-state index in [2.05, 4.69) is 31.0 Å². The van der Waals surface area contributed by atoms with Gasteiger partial charge in [-0.2, -0.15) is 0 Å². The summed E-state index contributed by atoms with van der Waals surface area (Å²) in [6.45, 7) is 6.23. The number of hydrogen-bond donors (Lipinski definition) is 2. The topological polar surface area (TPSA) is 49.3 Å². The molecule has 0 saturated heterocycles. The molecule has 0 spiro atoms. The Hall–Kier alpha value is -1.79. The third kappa shape index (κ3) is 5.90. The van der Waals surface area contributed by atoms with Crippen molar-refractivity contribution in [2.75, 3.05) is 6.61 Å². The van der Waals surface area contributed by atoms with E-state index in [4.69, 9.17) is 5.11 Å². The van der Waals surface area contributed by atoms with E-state index in [1.165, 1.54) is 0 Å². The van der Waals surface area contributed by atoms with E-state index in [1.807, 2.05) is 6.92 Å². The molecule has 1 rings (SSSR count). The van der Waals surface area contributed by atoms with Crippen LogP contribution in [0.2, 0.25) is 0 Å². The third-order valence-corrected chi connectivity index (χ3v) is 3.01. The van der Waals surface area contributed by atoms with Gasteiger partial charge in [0, 0.05) is 17.2 Å². The zero-order chi connectivity index (χ0) is 15.0. The molecule has 0 radical (unpaired) electrons. The van der Waals surface area contributed by atoms with Gasteiger partial charge in [-0.15, -0.1) is 0 Å². The molecule has 0 heterocycles. The van der Waals surface area contributed by atoms with Crippen LogP contribution < -0.4 is 5.32 Å². The molecule has 1 aromatic carbocycles. The number of aliphatic hydroxyl groups excluding tert-OH is 1. The maximum absolute atomic E-state index is 12.0. The molecule has 1 amide bonds. The quantitative estimate of drug-likeness (QED) is 0.810. The summed E-state index contributed by atoms with van der Waals surface area (Å²) in [6, 6.07) is 7.27. The van der Waals surface area contributed by atoms with Crippen LogP contribution in [-0.2, 0) is 0 Å². The number of amides is 1. The highest BCUT2D eigenvalue weighted by Gasteiger charge is 2.09. The Labute approximate surface area is 121 Å². The molecule has 0 fully saturated rings. The monoisotopic (exact) mass is 273 g/mol. The van der Waals surface area contributed by atoms with Gasteiger partial charge in [-0.25, -0.2) is 0 Å². The first-order valence-electron chi connectivity index (χ1n) is 7.03. The van der Waals surface area contributed by atoms with Crippen LogP contribution in [0.4, 0.5) is 0 Å². The summed E-state index contributed by atoms with van der Waals surface area (Å²) < 4.78 is 0. The minimum atomic E-state index is -0.157. The van der Waals surface area contributed by atoms with Crippen molar-refractivity contribution in [2.24, 2.45) is 5.92 Å².